The normalized spacial score (nSPS) is 21.8. The van der Waals surface area contributed by atoms with Crippen LogP contribution in [-0.2, 0) is 0 Å². The molecule has 2 nitrogen and oxygen atoms in total. The number of para-hydroxylation sites is 1. The summed E-state index contributed by atoms with van der Waals surface area (Å²) in [6, 6.07) is 10.5. The van der Waals surface area contributed by atoms with Crippen LogP contribution in [0.3, 0.4) is 0 Å². The van der Waals surface area contributed by atoms with Crippen LogP contribution in [0.2, 0.25) is 0 Å². The van der Waals surface area contributed by atoms with E-state index < -0.39 is 0 Å². The molecule has 1 aliphatic heterocycles. The Hall–Kier alpha value is -1.06. The van der Waals surface area contributed by atoms with Gasteiger partial charge in [0.15, 0.2) is 0 Å². The van der Waals surface area contributed by atoms with E-state index in [1.54, 1.807) is 0 Å². The van der Waals surface area contributed by atoms with Gasteiger partial charge in [0.1, 0.15) is 0 Å². The number of fused-ring (bicyclic) bond motifs is 1. The smallest absolute Gasteiger partial charge is 0.0702 e. The third-order valence-electron chi connectivity index (χ3n) is 3.47. The van der Waals surface area contributed by atoms with Gasteiger partial charge in [0.2, 0.25) is 0 Å². The van der Waals surface area contributed by atoms with Crippen molar-refractivity contribution in [1.29, 1.82) is 0 Å². The van der Waals surface area contributed by atoms with Crippen molar-refractivity contribution in [1.82, 2.24) is 4.98 Å². The van der Waals surface area contributed by atoms with E-state index in [1.807, 2.05) is 36.2 Å². The van der Waals surface area contributed by atoms with Crippen molar-refractivity contribution in [3.8, 4) is 0 Å². The lowest BCUT2D eigenvalue weighted by Crippen LogP contribution is -2.21. The van der Waals surface area contributed by atoms with E-state index in [0.29, 0.717) is 5.92 Å². The first-order valence-electron chi connectivity index (χ1n) is 6.02. The number of benzene rings is 1. The summed E-state index contributed by atoms with van der Waals surface area (Å²) in [5.74, 6) is 3.05. The van der Waals surface area contributed by atoms with E-state index in [2.05, 4.69) is 17.1 Å². The fraction of sp³-hybridized carbons (Fsp3) is 0.357. The van der Waals surface area contributed by atoms with Crippen LogP contribution in [-0.4, -0.2) is 16.5 Å². The molecule has 3 heteroatoms. The van der Waals surface area contributed by atoms with Crippen molar-refractivity contribution in [2.75, 3.05) is 11.5 Å². The van der Waals surface area contributed by atoms with Gasteiger partial charge in [0.25, 0.3) is 0 Å². The monoisotopic (exact) mass is 244 g/mol. The summed E-state index contributed by atoms with van der Waals surface area (Å²) < 4.78 is 0. The Morgan fingerprint density at radius 3 is 3.06 bits per heavy atom. The molecule has 3 rings (SSSR count). The molecule has 1 fully saturated rings. The van der Waals surface area contributed by atoms with Crippen LogP contribution in [0.15, 0.2) is 36.5 Å². The number of hydrogen-bond donors (Lipinski definition) is 1. The van der Waals surface area contributed by atoms with E-state index in [-0.39, 0.29) is 6.04 Å². The van der Waals surface area contributed by atoms with Gasteiger partial charge in [0.05, 0.1) is 5.52 Å². The zero-order valence-corrected chi connectivity index (χ0v) is 10.5. The number of nitrogens with zero attached hydrogens (tertiary/aromatic N) is 1. The van der Waals surface area contributed by atoms with Gasteiger partial charge in [-0.05, 0) is 41.5 Å². The summed E-state index contributed by atoms with van der Waals surface area (Å²) >= 11 is 2.01. The maximum Gasteiger partial charge on any atom is 0.0702 e. The summed E-state index contributed by atoms with van der Waals surface area (Å²) in [5.41, 5.74) is 8.56. The van der Waals surface area contributed by atoms with Crippen molar-refractivity contribution in [2.45, 2.75) is 12.5 Å². The highest BCUT2D eigenvalue weighted by atomic mass is 32.2. The summed E-state index contributed by atoms with van der Waals surface area (Å²) in [6.45, 7) is 0. The molecule has 0 saturated carbocycles. The average Bonchev–Trinajstić information content (AvgIpc) is 2.91. The van der Waals surface area contributed by atoms with Crippen molar-refractivity contribution in [3.05, 3.63) is 42.1 Å². The molecule has 2 heterocycles. The molecule has 1 aliphatic rings. The second-order valence-corrected chi connectivity index (χ2v) is 5.76. The van der Waals surface area contributed by atoms with E-state index in [9.17, 15) is 0 Å². The van der Waals surface area contributed by atoms with E-state index in [0.717, 1.165) is 5.52 Å². The van der Waals surface area contributed by atoms with Gasteiger partial charge < -0.3 is 5.73 Å². The zero-order chi connectivity index (χ0) is 11.7. The SMILES string of the molecule is NC(c1cnc2ccccc2c1)C1CCSC1. The molecule has 2 atom stereocenters. The largest absolute Gasteiger partial charge is 0.324 e. The lowest BCUT2D eigenvalue weighted by Gasteiger charge is -2.18. The highest BCUT2D eigenvalue weighted by Gasteiger charge is 2.23. The predicted octanol–water partition coefficient (Wildman–Crippen LogP) is 2.99. The molecule has 17 heavy (non-hydrogen) atoms. The Balaban J connectivity index is 1.94. The molecule has 1 aromatic heterocycles. The van der Waals surface area contributed by atoms with Gasteiger partial charge in [-0.3, -0.25) is 4.98 Å². The van der Waals surface area contributed by atoms with Crippen molar-refractivity contribution in [3.63, 3.8) is 0 Å². The fourth-order valence-corrected chi connectivity index (χ4v) is 3.69. The maximum atomic E-state index is 6.34. The molecule has 1 saturated heterocycles. The molecule has 2 N–H and O–H groups in total. The molecule has 0 radical (unpaired) electrons. The van der Waals surface area contributed by atoms with Crippen LogP contribution in [0.1, 0.15) is 18.0 Å². The second kappa shape index (κ2) is 4.67. The molecule has 0 amide bonds. The second-order valence-electron chi connectivity index (χ2n) is 4.61. The summed E-state index contributed by atoms with van der Waals surface area (Å²) in [5, 5.41) is 1.19. The van der Waals surface area contributed by atoms with Crippen LogP contribution in [0.5, 0.6) is 0 Å². The lowest BCUT2D eigenvalue weighted by molar-refractivity contribution is 0.481. The molecule has 1 aromatic carbocycles. The molecule has 88 valence electrons. The first kappa shape index (κ1) is 11.1. The van der Waals surface area contributed by atoms with Gasteiger partial charge in [-0.1, -0.05) is 18.2 Å². The minimum atomic E-state index is 0.141. The standard InChI is InChI=1S/C14H16N2S/c15-14(11-5-6-17-9-11)12-7-10-3-1-2-4-13(10)16-8-12/h1-4,7-8,11,14H,5-6,9,15H2. The van der Waals surface area contributed by atoms with Crippen molar-refractivity contribution < 1.29 is 0 Å². The zero-order valence-electron chi connectivity index (χ0n) is 9.67. The Morgan fingerprint density at radius 1 is 1.35 bits per heavy atom. The van der Waals surface area contributed by atoms with Gasteiger partial charge in [-0.25, -0.2) is 0 Å². The third kappa shape index (κ3) is 2.17. The molecular formula is C14H16N2S. The average molecular weight is 244 g/mol. The maximum absolute atomic E-state index is 6.34. The molecule has 2 aromatic rings. The van der Waals surface area contributed by atoms with Gasteiger partial charge >= 0.3 is 0 Å². The highest BCUT2D eigenvalue weighted by molar-refractivity contribution is 7.99. The number of nitrogens with two attached hydrogens (primary N) is 1. The molecule has 0 spiro atoms. The quantitative estimate of drug-likeness (QED) is 0.882. The number of aromatic nitrogens is 1. The first-order valence-corrected chi connectivity index (χ1v) is 7.18. The van der Waals surface area contributed by atoms with Gasteiger partial charge in [0, 0.05) is 17.6 Å². The summed E-state index contributed by atoms with van der Waals surface area (Å²) in [6.07, 6.45) is 3.18. The fourth-order valence-electron chi connectivity index (χ4n) is 2.38. The van der Waals surface area contributed by atoms with E-state index >= 15 is 0 Å². The predicted molar refractivity (Wildman–Crippen MR) is 74.1 cm³/mol. The number of thioether (sulfide) groups is 1. The van der Waals surface area contributed by atoms with Crippen molar-refractivity contribution in [2.24, 2.45) is 11.7 Å². The minimum absolute atomic E-state index is 0.141. The Kier molecular flexibility index (Phi) is 3.04. The highest BCUT2D eigenvalue weighted by Crippen LogP contribution is 2.33. The van der Waals surface area contributed by atoms with E-state index in [1.165, 1.54) is 28.9 Å². The van der Waals surface area contributed by atoms with Crippen LogP contribution in [0, 0.1) is 5.92 Å². The molecule has 2 unspecified atom stereocenters. The lowest BCUT2D eigenvalue weighted by atomic mass is 9.94. The van der Waals surface area contributed by atoms with Crippen LogP contribution in [0.4, 0.5) is 0 Å². The van der Waals surface area contributed by atoms with Crippen LogP contribution >= 0.6 is 11.8 Å². The van der Waals surface area contributed by atoms with Crippen LogP contribution in [0.25, 0.3) is 10.9 Å². The Bertz CT molecular complexity index is 520. The summed E-state index contributed by atoms with van der Waals surface area (Å²) in [7, 11) is 0. The minimum Gasteiger partial charge on any atom is -0.324 e. The Labute approximate surface area is 106 Å². The molecule has 0 aliphatic carbocycles. The first-order chi connectivity index (χ1) is 8.34. The topological polar surface area (TPSA) is 38.9 Å². The van der Waals surface area contributed by atoms with Gasteiger partial charge in [-0.15, -0.1) is 0 Å². The number of pyridine rings is 1. The Morgan fingerprint density at radius 2 is 2.24 bits per heavy atom. The van der Waals surface area contributed by atoms with Crippen LogP contribution < -0.4 is 5.73 Å². The van der Waals surface area contributed by atoms with Gasteiger partial charge in [-0.2, -0.15) is 11.8 Å². The van der Waals surface area contributed by atoms with Crippen molar-refractivity contribution >= 4 is 22.7 Å². The summed E-state index contributed by atoms with van der Waals surface area (Å²) in [4.78, 5) is 4.49. The van der Waals surface area contributed by atoms with E-state index in [4.69, 9.17) is 5.73 Å². The molecule has 0 bridgehead atoms. The number of hydrogen-bond acceptors (Lipinski definition) is 3. The third-order valence-corrected chi connectivity index (χ3v) is 4.66. The number of rotatable bonds is 2. The molecular weight excluding hydrogens is 228 g/mol.